The van der Waals surface area contributed by atoms with E-state index in [9.17, 15) is 4.79 Å². The van der Waals surface area contributed by atoms with Crippen molar-refractivity contribution in [2.45, 2.75) is 13.3 Å². The zero-order valence-corrected chi connectivity index (χ0v) is 13.1. The van der Waals surface area contributed by atoms with Gasteiger partial charge < -0.3 is 20.1 Å². The van der Waals surface area contributed by atoms with Crippen molar-refractivity contribution in [2.75, 3.05) is 30.4 Å². The standard InChI is InChI=1S/C18H20N2O3/c1-2-13-5-3-4-6-15(13)19-12-18(21)20-14-7-8-16-17(11-14)23-10-9-22-16/h3-8,11,19H,2,9-10,12H2,1H3,(H,20,21). The van der Waals surface area contributed by atoms with Gasteiger partial charge in [0.15, 0.2) is 11.5 Å². The van der Waals surface area contributed by atoms with Gasteiger partial charge in [0, 0.05) is 17.4 Å². The predicted molar refractivity (Wildman–Crippen MR) is 90.4 cm³/mol. The van der Waals surface area contributed by atoms with Crippen molar-refractivity contribution in [2.24, 2.45) is 0 Å². The van der Waals surface area contributed by atoms with Crippen LogP contribution in [-0.2, 0) is 11.2 Å². The van der Waals surface area contributed by atoms with Gasteiger partial charge in [-0.05, 0) is 30.2 Å². The Bertz CT molecular complexity index is 700. The number of hydrogen-bond donors (Lipinski definition) is 2. The van der Waals surface area contributed by atoms with Crippen LogP contribution in [-0.4, -0.2) is 25.7 Å². The largest absolute Gasteiger partial charge is 0.486 e. The summed E-state index contributed by atoms with van der Waals surface area (Å²) in [5.74, 6) is 1.27. The van der Waals surface area contributed by atoms with Crippen molar-refractivity contribution < 1.29 is 14.3 Å². The third-order valence-corrected chi connectivity index (χ3v) is 3.66. The summed E-state index contributed by atoms with van der Waals surface area (Å²) in [7, 11) is 0. The van der Waals surface area contributed by atoms with E-state index in [0.717, 1.165) is 12.1 Å². The van der Waals surface area contributed by atoms with Gasteiger partial charge in [-0.2, -0.15) is 0 Å². The summed E-state index contributed by atoms with van der Waals surface area (Å²) in [6.45, 7) is 3.39. The predicted octanol–water partition coefficient (Wildman–Crippen LogP) is 3.07. The molecule has 0 saturated heterocycles. The van der Waals surface area contributed by atoms with Crippen molar-refractivity contribution in [1.82, 2.24) is 0 Å². The first-order chi connectivity index (χ1) is 11.3. The van der Waals surface area contributed by atoms with E-state index in [0.29, 0.717) is 30.4 Å². The first kappa shape index (κ1) is 15.2. The van der Waals surface area contributed by atoms with Crippen molar-refractivity contribution in [1.29, 1.82) is 0 Å². The second kappa shape index (κ2) is 7.05. The van der Waals surface area contributed by atoms with Gasteiger partial charge in [0.25, 0.3) is 0 Å². The fourth-order valence-electron chi connectivity index (χ4n) is 2.50. The number of ether oxygens (including phenoxy) is 2. The van der Waals surface area contributed by atoms with Crippen molar-refractivity contribution in [3.8, 4) is 11.5 Å². The second-order valence-electron chi connectivity index (χ2n) is 5.27. The fraction of sp³-hybridized carbons (Fsp3) is 0.278. The van der Waals surface area contributed by atoms with E-state index in [4.69, 9.17) is 9.47 Å². The number of benzene rings is 2. The average molecular weight is 312 g/mol. The van der Waals surface area contributed by atoms with Crippen LogP contribution in [0.25, 0.3) is 0 Å². The Labute approximate surface area is 135 Å². The SMILES string of the molecule is CCc1ccccc1NCC(=O)Nc1ccc2c(c1)OCCO2. The Morgan fingerprint density at radius 2 is 1.87 bits per heavy atom. The molecule has 1 aliphatic heterocycles. The van der Waals surface area contributed by atoms with E-state index in [1.54, 1.807) is 6.07 Å². The highest BCUT2D eigenvalue weighted by molar-refractivity contribution is 5.94. The maximum Gasteiger partial charge on any atom is 0.243 e. The van der Waals surface area contributed by atoms with Crippen LogP contribution in [0.5, 0.6) is 11.5 Å². The Morgan fingerprint density at radius 3 is 2.70 bits per heavy atom. The highest BCUT2D eigenvalue weighted by Crippen LogP contribution is 2.32. The molecule has 2 N–H and O–H groups in total. The van der Waals surface area contributed by atoms with E-state index >= 15 is 0 Å². The Kier molecular flexibility index (Phi) is 4.66. The molecule has 0 atom stereocenters. The number of rotatable bonds is 5. The quantitative estimate of drug-likeness (QED) is 0.891. The van der Waals surface area contributed by atoms with Gasteiger partial charge in [0.05, 0.1) is 6.54 Å². The lowest BCUT2D eigenvalue weighted by atomic mass is 10.1. The lowest BCUT2D eigenvalue weighted by Gasteiger charge is -2.19. The van der Waals surface area contributed by atoms with Crippen LogP contribution < -0.4 is 20.1 Å². The van der Waals surface area contributed by atoms with Gasteiger partial charge in [-0.15, -0.1) is 0 Å². The minimum atomic E-state index is -0.104. The molecule has 23 heavy (non-hydrogen) atoms. The number of carbonyl (C=O) groups excluding carboxylic acids is 1. The molecule has 0 aromatic heterocycles. The number of amides is 1. The van der Waals surface area contributed by atoms with E-state index < -0.39 is 0 Å². The Hall–Kier alpha value is -2.69. The first-order valence-electron chi connectivity index (χ1n) is 7.77. The number of para-hydroxylation sites is 1. The summed E-state index contributed by atoms with van der Waals surface area (Å²) in [5, 5.41) is 6.04. The molecule has 2 aromatic rings. The molecular weight excluding hydrogens is 292 g/mol. The van der Waals surface area contributed by atoms with Crippen molar-refractivity contribution in [3.63, 3.8) is 0 Å². The number of anilines is 2. The van der Waals surface area contributed by atoms with Gasteiger partial charge in [-0.3, -0.25) is 4.79 Å². The first-order valence-corrected chi connectivity index (χ1v) is 7.77. The molecule has 2 aromatic carbocycles. The molecular formula is C18H20N2O3. The van der Waals surface area contributed by atoms with Gasteiger partial charge in [-0.1, -0.05) is 25.1 Å². The minimum absolute atomic E-state index is 0.104. The molecule has 0 radical (unpaired) electrons. The summed E-state index contributed by atoms with van der Waals surface area (Å²) in [6.07, 6.45) is 0.924. The zero-order chi connectivity index (χ0) is 16.1. The van der Waals surface area contributed by atoms with Gasteiger partial charge >= 0.3 is 0 Å². The van der Waals surface area contributed by atoms with Crippen LogP contribution in [0.2, 0.25) is 0 Å². The van der Waals surface area contributed by atoms with E-state index in [2.05, 4.69) is 23.6 Å². The van der Waals surface area contributed by atoms with Crippen LogP contribution in [0.4, 0.5) is 11.4 Å². The highest BCUT2D eigenvalue weighted by atomic mass is 16.6. The number of hydrogen-bond acceptors (Lipinski definition) is 4. The normalized spacial score (nSPS) is 12.6. The maximum atomic E-state index is 12.1. The number of fused-ring (bicyclic) bond motifs is 1. The van der Waals surface area contributed by atoms with Crippen LogP contribution in [0.1, 0.15) is 12.5 Å². The van der Waals surface area contributed by atoms with Crippen LogP contribution >= 0.6 is 0 Å². The van der Waals surface area contributed by atoms with E-state index in [-0.39, 0.29) is 12.5 Å². The van der Waals surface area contributed by atoms with Crippen LogP contribution in [0.3, 0.4) is 0 Å². The summed E-state index contributed by atoms with van der Waals surface area (Å²) < 4.78 is 11.0. The molecule has 0 aliphatic carbocycles. The molecule has 0 unspecified atom stereocenters. The Balaban J connectivity index is 1.59. The number of nitrogens with one attached hydrogen (secondary N) is 2. The van der Waals surface area contributed by atoms with Crippen molar-refractivity contribution in [3.05, 3.63) is 48.0 Å². The molecule has 0 fully saturated rings. The van der Waals surface area contributed by atoms with Crippen molar-refractivity contribution >= 4 is 17.3 Å². The zero-order valence-electron chi connectivity index (χ0n) is 13.1. The fourth-order valence-corrected chi connectivity index (χ4v) is 2.50. The third kappa shape index (κ3) is 3.74. The molecule has 3 rings (SSSR count). The second-order valence-corrected chi connectivity index (χ2v) is 5.27. The summed E-state index contributed by atoms with van der Waals surface area (Å²) in [4.78, 5) is 12.1. The van der Waals surface area contributed by atoms with Gasteiger partial charge in [0.1, 0.15) is 13.2 Å². The maximum absolute atomic E-state index is 12.1. The summed E-state index contributed by atoms with van der Waals surface area (Å²) >= 11 is 0. The van der Waals surface area contributed by atoms with Crippen LogP contribution in [0, 0.1) is 0 Å². The average Bonchev–Trinajstić information content (AvgIpc) is 2.60. The molecule has 1 heterocycles. The van der Waals surface area contributed by atoms with E-state index in [1.807, 2.05) is 30.3 Å². The number of aryl methyl sites for hydroxylation is 1. The monoisotopic (exact) mass is 312 g/mol. The molecule has 0 bridgehead atoms. The topological polar surface area (TPSA) is 59.6 Å². The lowest BCUT2D eigenvalue weighted by molar-refractivity contribution is -0.114. The van der Waals surface area contributed by atoms with Crippen LogP contribution in [0.15, 0.2) is 42.5 Å². The molecule has 120 valence electrons. The molecule has 5 nitrogen and oxygen atoms in total. The molecule has 0 saturated carbocycles. The van der Waals surface area contributed by atoms with Gasteiger partial charge in [-0.25, -0.2) is 0 Å². The molecule has 0 spiro atoms. The van der Waals surface area contributed by atoms with Gasteiger partial charge in [0.2, 0.25) is 5.91 Å². The number of carbonyl (C=O) groups is 1. The summed E-state index contributed by atoms with van der Waals surface area (Å²) in [6, 6.07) is 13.4. The minimum Gasteiger partial charge on any atom is -0.486 e. The molecule has 1 aliphatic rings. The van der Waals surface area contributed by atoms with E-state index in [1.165, 1.54) is 5.56 Å². The highest BCUT2D eigenvalue weighted by Gasteiger charge is 2.12. The lowest BCUT2D eigenvalue weighted by Crippen LogP contribution is -2.22. The third-order valence-electron chi connectivity index (χ3n) is 3.66. The summed E-state index contributed by atoms with van der Waals surface area (Å²) in [5.41, 5.74) is 2.89. The smallest absolute Gasteiger partial charge is 0.243 e. The Morgan fingerprint density at radius 1 is 1.09 bits per heavy atom. The molecule has 1 amide bonds. The molecule has 5 heteroatoms.